The highest BCUT2D eigenvalue weighted by Crippen LogP contribution is 2.35. The molecule has 0 unspecified atom stereocenters. The van der Waals surface area contributed by atoms with E-state index in [9.17, 15) is 0 Å². The molecule has 2 N–H and O–H groups in total. The van der Waals surface area contributed by atoms with E-state index >= 15 is 0 Å². The third-order valence-electron chi connectivity index (χ3n) is 8.52. The number of benzene rings is 1. The highest BCUT2D eigenvalue weighted by molar-refractivity contribution is 7.80. The van der Waals surface area contributed by atoms with E-state index in [-0.39, 0.29) is 5.41 Å². The average molecular weight is 571 g/mol. The zero-order valence-corrected chi connectivity index (χ0v) is 25.0. The predicted octanol–water partition coefficient (Wildman–Crippen LogP) is 6.03. The molecule has 7 nitrogen and oxygen atoms in total. The van der Waals surface area contributed by atoms with Gasteiger partial charge in [-0.1, -0.05) is 50.4 Å². The Morgan fingerprint density at radius 3 is 2.33 bits per heavy atom. The molecule has 1 aromatic heterocycles. The topological polar surface area (TPSA) is 65.5 Å². The monoisotopic (exact) mass is 570 g/mol. The lowest BCUT2D eigenvalue weighted by atomic mass is 9.74. The lowest BCUT2D eigenvalue weighted by molar-refractivity contribution is 0.0515. The van der Waals surface area contributed by atoms with Crippen LogP contribution in [0.1, 0.15) is 64.4 Å². The molecule has 3 aliphatic rings. The molecule has 3 saturated heterocycles. The summed E-state index contributed by atoms with van der Waals surface area (Å²) in [6.07, 6.45) is 8.07. The number of halogens is 1. The Morgan fingerprint density at radius 2 is 1.67 bits per heavy atom. The summed E-state index contributed by atoms with van der Waals surface area (Å²) in [6.45, 7) is 10.9. The summed E-state index contributed by atoms with van der Waals surface area (Å²) in [4.78, 5) is 14.8. The quantitative estimate of drug-likeness (QED) is 0.408. The van der Waals surface area contributed by atoms with Crippen LogP contribution in [0.25, 0.3) is 0 Å². The summed E-state index contributed by atoms with van der Waals surface area (Å²) in [6, 6.07) is 10.4. The van der Waals surface area contributed by atoms with E-state index < -0.39 is 0 Å². The molecule has 0 amide bonds. The second-order valence-corrected chi connectivity index (χ2v) is 12.7. The number of nitrogens with one attached hydrogen (secondary N) is 2. The van der Waals surface area contributed by atoms with Crippen LogP contribution in [0.5, 0.6) is 0 Å². The number of thiocarbonyl (C=S) groups is 1. The summed E-state index contributed by atoms with van der Waals surface area (Å²) in [5.74, 6) is 3.85. The molecule has 2 atom stereocenters. The SMILES string of the molecule is C[C@@H]1C[C@@H](C)CN(c2cc(N3CCCCCC3)nc(NC(=S)NCC3(c4cccc(Cl)c4)CCOCC3)n2)C1. The van der Waals surface area contributed by atoms with Crippen molar-refractivity contribution in [3.63, 3.8) is 0 Å². The number of hydrogen-bond donors (Lipinski definition) is 2. The maximum absolute atomic E-state index is 6.37. The van der Waals surface area contributed by atoms with Crippen LogP contribution in [-0.2, 0) is 10.2 Å². The second kappa shape index (κ2) is 13.0. The van der Waals surface area contributed by atoms with Crippen LogP contribution in [0.2, 0.25) is 5.02 Å². The first-order valence-corrected chi connectivity index (χ1v) is 15.5. The molecule has 3 fully saturated rings. The van der Waals surface area contributed by atoms with Crippen LogP contribution in [0.4, 0.5) is 17.6 Å². The number of rotatable bonds is 6. The average Bonchev–Trinajstić information content (AvgIpc) is 3.22. The van der Waals surface area contributed by atoms with Crippen LogP contribution in [0.15, 0.2) is 30.3 Å². The van der Waals surface area contributed by atoms with E-state index in [4.69, 9.17) is 38.5 Å². The van der Waals surface area contributed by atoms with Crippen molar-refractivity contribution in [2.75, 3.05) is 61.1 Å². The number of hydrogen-bond acceptors (Lipinski definition) is 6. The lowest BCUT2D eigenvalue weighted by Gasteiger charge is -2.38. The molecular formula is C30H43ClN6OS. The van der Waals surface area contributed by atoms with Gasteiger partial charge in [0, 0.05) is 62.4 Å². The van der Waals surface area contributed by atoms with Gasteiger partial charge in [0.25, 0.3) is 0 Å². The third-order valence-corrected chi connectivity index (χ3v) is 9.00. The first-order chi connectivity index (χ1) is 18.9. The number of nitrogens with zero attached hydrogens (tertiary/aromatic N) is 4. The van der Waals surface area contributed by atoms with Crippen molar-refractivity contribution in [2.45, 2.75) is 64.2 Å². The summed E-state index contributed by atoms with van der Waals surface area (Å²) in [7, 11) is 0. The Morgan fingerprint density at radius 1 is 1.00 bits per heavy atom. The standard InChI is InChI=1S/C30H43ClN6OS/c1-22-16-23(2)20-37(19-22)27-18-26(36-12-5-3-4-6-13-36)33-28(34-27)35-29(39)32-21-30(10-14-38-15-11-30)24-8-7-9-25(31)17-24/h7-9,17-18,22-23H,3-6,10-16,19-21H2,1-2H3,(H2,32,33,34,35,39)/t22-,23-/m1/s1. The zero-order valence-electron chi connectivity index (χ0n) is 23.4. The van der Waals surface area contributed by atoms with Crippen molar-refractivity contribution >= 4 is 46.5 Å². The van der Waals surface area contributed by atoms with Gasteiger partial charge in [0.1, 0.15) is 11.6 Å². The van der Waals surface area contributed by atoms with Gasteiger partial charge >= 0.3 is 0 Å². The van der Waals surface area contributed by atoms with E-state index in [0.29, 0.717) is 29.4 Å². The van der Waals surface area contributed by atoms with Crippen molar-refractivity contribution in [1.29, 1.82) is 0 Å². The van der Waals surface area contributed by atoms with Gasteiger partial charge in [-0.2, -0.15) is 9.97 Å². The molecular weight excluding hydrogens is 528 g/mol. The van der Waals surface area contributed by atoms with Gasteiger partial charge in [-0.05, 0) is 73.9 Å². The van der Waals surface area contributed by atoms with Gasteiger partial charge in [-0.3, -0.25) is 0 Å². The fourth-order valence-corrected chi connectivity index (χ4v) is 6.85. The normalized spacial score (nSPS) is 23.7. The number of piperidine rings is 1. The summed E-state index contributed by atoms with van der Waals surface area (Å²) < 4.78 is 5.71. The minimum atomic E-state index is -0.0884. The van der Waals surface area contributed by atoms with Crippen LogP contribution >= 0.6 is 23.8 Å². The Kier molecular flexibility index (Phi) is 9.46. The number of ether oxygens (including phenoxy) is 1. The molecule has 0 aliphatic carbocycles. The van der Waals surface area contributed by atoms with E-state index in [1.54, 1.807) is 0 Å². The van der Waals surface area contributed by atoms with Gasteiger partial charge < -0.3 is 25.2 Å². The summed E-state index contributed by atoms with van der Waals surface area (Å²) >= 11 is 12.2. The molecule has 212 valence electrons. The fraction of sp³-hybridized carbons (Fsp3) is 0.633. The van der Waals surface area contributed by atoms with Gasteiger partial charge in [0.05, 0.1) is 0 Å². The Hall–Kier alpha value is -2.16. The lowest BCUT2D eigenvalue weighted by Crippen LogP contribution is -2.45. The van der Waals surface area contributed by atoms with Crippen molar-refractivity contribution in [3.8, 4) is 0 Å². The molecule has 1 aromatic carbocycles. The summed E-state index contributed by atoms with van der Waals surface area (Å²) in [5.41, 5.74) is 1.14. The third kappa shape index (κ3) is 7.33. The van der Waals surface area contributed by atoms with E-state index in [2.05, 4.69) is 52.5 Å². The minimum absolute atomic E-state index is 0.0884. The predicted molar refractivity (Wildman–Crippen MR) is 165 cm³/mol. The highest BCUT2D eigenvalue weighted by Gasteiger charge is 2.35. The summed E-state index contributed by atoms with van der Waals surface area (Å²) in [5, 5.41) is 8.14. The molecule has 5 rings (SSSR count). The largest absolute Gasteiger partial charge is 0.381 e. The van der Waals surface area contributed by atoms with Crippen LogP contribution in [0.3, 0.4) is 0 Å². The molecule has 0 radical (unpaired) electrons. The van der Waals surface area contributed by atoms with E-state index in [0.717, 1.165) is 68.9 Å². The fourth-order valence-electron chi connectivity index (χ4n) is 6.49. The smallest absolute Gasteiger partial charge is 0.232 e. The van der Waals surface area contributed by atoms with Gasteiger partial charge in [0.15, 0.2) is 5.11 Å². The maximum atomic E-state index is 6.37. The first-order valence-electron chi connectivity index (χ1n) is 14.7. The van der Waals surface area contributed by atoms with Crippen LogP contribution in [0, 0.1) is 11.8 Å². The first kappa shape index (κ1) is 28.4. The number of aromatic nitrogens is 2. The zero-order chi connectivity index (χ0) is 27.2. The molecule has 39 heavy (non-hydrogen) atoms. The molecule has 3 aliphatic heterocycles. The van der Waals surface area contributed by atoms with Gasteiger partial charge in [0.2, 0.25) is 5.95 Å². The van der Waals surface area contributed by atoms with E-state index in [1.165, 1.54) is 37.7 Å². The van der Waals surface area contributed by atoms with Crippen molar-refractivity contribution in [2.24, 2.45) is 11.8 Å². The van der Waals surface area contributed by atoms with E-state index in [1.807, 2.05) is 12.1 Å². The van der Waals surface area contributed by atoms with Crippen molar-refractivity contribution in [1.82, 2.24) is 15.3 Å². The number of anilines is 3. The van der Waals surface area contributed by atoms with Gasteiger partial charge in [-0.15, -0.1) is 0 Å². The Balaban J connectivity index is 1.34. The van der Waals surface area contributed by atoms with Crippen LogP contribution in [-0.4, -0.2) is 61.0 Å². The Labute approximate surface area is 244 Å². The highest BCUT2D eigenvalue weighted by atomic mass is 35.5. The molecule has 2 aromatic rings. The maximum Gasteiger partial charge on any atom is 0.232 e. The Bertz CT molecular complexity index is 1110. The molecule has 0 bridgehead atoms. The second-order valence-electron chi connectivity index (χ2n) is 11.9. The molecule has 4 heterocycles. The van der Waals surface area contributed by atoms with Crippen molar-refractivity contribution in [3.05, 3.63) is 40.9 Å². The molecule has 0 spiro atoms. The molecule has 9 heteroatoms. The van der Waals surface area contributed by atoms with Gasteiger partial charge in [-0.25, -0.2) is 0 Å². The van der Waals surface area contributed by atoms with Crippen molar-refractivity contribution < 1.29 is 4.74 Å². The minimum Gasteiger partial charge on any atom is -0.381 e. The molecule has 0 saturated carbocycles. The van der Waals surface area contributed by atoms with Crippen LogP contribution < -0.4 is 20.4 Å².